The van der Waals surface area contributed by atoms with Gasteiger partial charge in [-0.2, -0.15) is 0 Å². The smallest absolute Gasteiger partial charge is 0.305 e. The van der Waals surface area contributed by atoms with Crippen LogP contribution in [-0.4, -0.2) is 19.9 Å². The van der Waals surface area contributed by atoms with Crippen LogP contribution in [0.5, 0.6) is 0 Å². The average molecular weight is 268 g/mol. The summed E-state index contributed by atoms with van der Waals surface area (Å²) in [5, 5.41) is 3.62. The molecule has 6 heteroatoms. The lowest BCUT2D eigenvalue weighted by Gasteiger charge is -2.02. The first kappa shape index (κ1) is 10.5. The van der Waals surface area contributed by atoms with Crippen molar-refractivity contribution in [3.63, 3.8) is 0 Å². The van der Waals surface area contributed by atoms with Crippen LogP contribution < -0.4 is 5.69 Å². The second-order valence-electron chi connectivity index (χ2n) is 4.14. The number of rotatable bonds is 1. The first-order valence-corrected chi connectivity index (χ1v) is 6.61. The fourth-order valence-corrected chi connectivity index (χ4v) is 2.85. The zero-order chi connectivity index (χ0) is 12.8. The Morgan fingerprint density at radius 1 is 1.11 bits per heavy atom. The van der Waals surface area contributed by atoms with Gasteiger partial charge in [0.05, 0.1) is 16.6 Å². The molecule has 0 aliphatic rings. The van der Waals surface area contributed by atoms with Crippen LogP contribution in [0, 0.1) is 0 Å². The topological polar surface area (TPSA) is 74.4 Å². The molecule has 0 saturated carbocycles. The number of aromatic amines is 2. The molecule has 0 aliphatic heterocycles. The van der Waals surface area contributed by atoms with E-state index in [0.29, 0.717) is 11.2 Å². The fourth-order valence-electron chi connectivity index (χ4n) is 2.22. The molecule has 5 nitrogen and oxygen atoms in total. The fraction of sp³-hybridized carbons (Fsp3) is 0. The Morgan fingerprint density at radius 2 is 1.95 bits per heavy atom. The summed E-state index contributed by atoms with van der Waals surface area (Å²) in [6.07, 6.45) is 1.73. The van der Waals surface area contributed by atoms with Crippen molar-refractivity contribution >= 4 is 33.3 Å². The summed E-state index contributed by atoms with van der Waals surface area (Å²) in [6.45, 7) is 0. The molecule has 0 unspecified atom stereocenters. The zero-order valence-electron chi connectivity index (χ0n) is 9.68. The van der Waals surface area contributed by atoms with Crippen LogP contribution >= 0.6 is 11.3 Å². The van der Waals surface area contributed by atoms with Crippen LogP contribution in [0.2, 0.25) is 0 Å². The number of pyridine rings is 1. The summed E-state index contributed by atoms with van der Waals surface area (Å²) >= 11 is 1.50. The maximum atomic E-state index is 11.6. The molecule has 0 atom stereocenters. The van der Waals surface area contributed by atoms with Crippen molar-refractivity contribution in [1.82, 2.24) is 19.9 Å². The van der Waals surface area contributed by atoms with Crippen LogP contribution in [-0.2, 0) is 0 Å². The average Bonchev–Trinajstić information content (AvgIpc) is 3.06. The highest BCUT2D eigenvalue weighted by molar-refractivity contribution is 7.13. The van der Waals surface area contributed by atoms with Crippen molar-refractivity contribution < 1.29 is 0 Å². The predicted octanol–water partition coefficient (Wildman–Crippen LogP) is 2.53. The molecule has 4 rings (SSSR count). The van der Waals surface area contributed by atoms with E-state index in [0.717, 1.165) is 21.4 Å². The zero-order valence-corrected chi connectivity index (χ0v) is 10.5. The van der Waals surface area contributed by atoms with Gasteiger partial charge in [0.25, 0.3) is 0 Å². The minimum atomic E-state index is -0.231. The van der Waals surface area contributed by atoms with Crippen molar-refractivity contribution in [3.8, 4) is 10.7 Å². The van der Waals surface area contributed by atoms with E-state index in [2.05, 4.69) is 19.9 Å². The van der Waals surface area contributed by atoms with Gasteiger partial charge in [-0.25, -0.2) is 14.8 Å². The van der Waals surface area contributed by atoms with Crippen LogP contribution in [0.4, 0.5) is 0 Å². The van der Waals surface area contributed by atoms with Crippen molar-refractivity contribution in [2.24, 2.45) is 0 Å². The van der Waals surface area contributed by atoms with Gasteiger partial charge < -0.3 is 9.97 Å². The Balaban J connectivity index is 2.25. The molecule has 3 heterocycles. The van der Waals surface area contributed by atoms with Crippen molar-refractivity contribution in [1.29, 1.82) is 0 Å². The summed E-state index contributed by atoms with van der Waals surface area (Å²) in [6, 6.07) is 7.73. The Kier molecular flexibility index (Phi) is 2.07. The van der Waals surface area contributed by atoms with E-state index >= 15 is 0 Å². The highest BCUT2D eigenvalue weighted by atomic mass is 32.1. The number of nitrogens with one attached hydrogen (secondary N) is 2. The summed E-state index contributed by atoms with van der Waals surface area (Å²) in [4.78, 5) is 26.1. The predicted molar refractivity (Wildman–Crippen MR) is 75.3 cm³/mol. The standard InChI is InChI=1S/C13H8N4OS/c18-13-16-9-7-3-1-2-4-8(7)15-11(10(9)17-13)12-14-5-6-19-12/h1-6H,(H2,16,17,18). The molecule has 92 valence electrons. The summed E-state index contributed by atoms with van der Waals surface area (Å²) < 4.78 is 0. The highest BCUT2D eigenvalue weighted by Gasteiger charge is 2.14. The minimum Gasteiger partial charge on any atom is -0.305 e. The number of para-hydroxylation sites is 1. The van der Waals surface area contributed by atoms with Crippen LogP contribution in [0.25, 0.3) is 32.6 Å². The first-order chi connectivity index (χ1) is 9.33. The van der Waals surface area contributed by atoms with Gasteiger partial charge in [0.2, 0.25) is 0 Å². The third-order valence-corrected chi connectivity index (χ3v) is 3.78. The largest absolute Gasteiger partial charge is 0.323 e. The minimum absolute atomic E-state index is 0.231. The lowest BCUT2D eigenvalue weighted by Crippen LogP contribution is -1.99. The molecule has 2 N–H and O–H groups in total. The number of hydrogen-bond acceptors (Lipinski definition) is 4. The van der Waals surface area contributed by atoms with Crippen molar-refractivity contribution in [2.75, 3.05) is 0 Å². The Labute approximate surface area is 111 Å². The number of fused-ring (bicyclic) bond motifs is 3. The summed E-state index contributed by atoms with van der Waals surface area (Å²) in [7, 11) is 0. The van der Waals surface area contributed by atoms with E-state index < -0.39 is 0 Å². The lowest BCUT2D eigenvalue weighted by atomic mass is 10.1. The first-order valence-electron chi connectivity index (χ1n) is 5.73. The Hall–Kier alpha value is -2.47. The normalized spacial score (nSPS) is 11.4. The van der Waals surface area contributed by atoms with Crippen molar-refractivity contribution in [2.45, 2.75) is 0 Å². The molecule has 0 aliphatic carbocycles. The number of aromatic nitrogens is 4. The van der Waals surface area contributed by atoms with E-state index in [4.69, 9.17) is 0 Å². The molecule has 19 heavy (non-hydrogen) atoms. The summed E-state index contributed by atoms with van der Waals surface area (Å²) in [5.41, 5.74) is 2.81. The molecule has 1 aromatic carbocycles. The second-order valence-corrected chi connectivity index (χ2v) is 5.04. The molecular formula is C13H8N4OS. The van der Waals surface area contributed by atoms with E-state index in [1.165, 1.54) is 11.3 Å². The van der Waals surface area contributed by atoms with Gasteiger partial charge in [-0.15, -0.1) is 11.3 Å². The number of nitrogens with zero attached hydrogens (tertiary/aromatic N) is 2. The van der Waals surface area contributed by atoms with Gasteiger partial charge in [-0.05, 0) is 6.07 Å². The van der Waals surface area contributed by atoms with E-state index in [-0.39, 0.29) is 5.69 Å². The third-order valence-electron chi connectivity index (χ3n) is 3.00. The number of benzene rings is 1. The maximum absolute atomic E-state index is 11.6. The van der Waals surface area contributed by atoms with E-state index in [9.17, 15) is 4.79 Å². The molecule has 0 amide bonds. The van der Waals surface area contributed by atoms with Gasteiger partial charge in [0.1, 0.15) is 10.7 Å². The Morgan fingerprint density at radius 3 is 2.79 bits per heavy atom. The van der Waals surface area contributed by atoms with E-state index in [1.54, 1.807) is 6.20 Å². The van der Waals surface area contributed by atoms with Gasteiger partial charge >= 0.3 is 5.69 Å². The molecule has 0 radical (unpaired) electrons. The maximum Gasteiger partial charge on any atom is 0.323 e. The van der Waals surface area contributed by atoms with Gasteiger partial charge in [0.15, 0.2) is 0 Å². The quantitative estimate of drug-likeness (QED) is 0.557. The molecular weight excluding hydrogens is 260 g/mol. The molecule has 0 bridgehead atoms. The molecule has 0 spiro atoms. The van der Waals surface area contributed by atoms with Gasteiger partial charge in [-0.3, -0.25) is 0 Å². The van der Waals surface area contributed by atoms with Crippen LogP contribution in [0.15, 0.2) is 40.6 Å². The van der Waals surface area contributed by atoms with Crippen molar-refractivity contribution in [3.05, 3.63) is 46.3 Å². The van der Waals surface area contributed by atoms with Gasteiger partial charge in [-0.1, -0.05) is 18.2 Å². The number of hydrogen-bond donors (Lipinski definition) is 2. The van der Waals surface area contributed by atoms with Gasteiger partial charge in [0, 0.05) is 17.0 Å². The number of imidazole rings is 1. The summed E-state index contributed by atoms with van der Waals surface area (Å²) in [5.74, 6) is 0. The van der Waals surface area contributed by atoms with E-state index in [1.807, 2.05) is 29.6 Å². The highest BCUT2D eigenvalue weighted by Crippen LogP contribution is 2.30. The van der Waals surface area contributed by atoms with Crippen LogP contribution in [0.1, 0.15) is 0 Å². The molecule has 4 aromatic rings. The number of H-pyrrole nitrogens is 2. The Bertz CT molecular complexity index is 936. The molecule has 0 saturated heterocycles. The lowest BCUT2D eigenvalue weighted by molar-refractivity contribution is 1.21. The SMILES string of the molecule is O=c1[nH]c2c(-c3nccs3)nc3ccccc3c2[nH]1. The molecule has 3 aromatic heterocycles. The second kappa shape index (κ2) is 3.76. The number of thiazole rings is 1. The van der Waals surface area contributed by atoms with Crippen LogP contribution in [0.3, 0.4) is 0 Å². The molecule has 0 fully saturated rings. The monoisotopic (exact) mass is 268 g/mol. The third kappa shape index (κ3) is 1.50.